The van der Waals surface area contributed by atoms with E-state index >= 15 is 0 Å². The molecule has 1 saturated heterocycles. The zero-order valence-electron chi connectivity index (χ0n) is 16.1. The second kappa shape index (κ2) is 9.27. The SMILES string of the molecule is COc1cc(C(=O)Nc2cccc(C3SCCS3)c2)c([N+](=O)[O-])c(OC)c1OC. The zero-order chi connectivity index (χ0) is 21.0. The Morgan fingerprint density at radius 2 is 1.79 bits per heavy atom. The number of nitro benzene ring substituents is 1. The van der Waals surface area contributed by atoms with Gasteiger partial charge < -0.3 is 19.5 Å². The Bertz CT molecular complexity index is 931. The maximum Gasteiger partial charge on any atom is 0.327 e. The van der Waals surface area contributed by atoms with Crippen LogP contribution in [0.3, 0.4) is 0 Å². The molecule has 29 heavy (non-hydrogen) atoms. The lowest BCUT2D eigenvalue weighted by Gasteiger charge is -2.15. The number of nitro groups is 1. The second-order valence-corrected chi connectivity index (χ2v) is 8.68. The summed E-state index contributed by atoms with van der Waals surface area (Å²) in [6.45, 7) is 0. The fourth-order valence-electron chi connectivity index (χ4n) is 3.01. The van der Waals surface area contributed by atoms with E-state index in [1.807, 2.05) is 41.7 Å². The Labute approximate surface area is 176 Å². The number of benzene rings is 2. The van der Waals surface area contributed by atoms with Crippen LogP contribution in [-0.2, 0) is 0 Å². The topological polar surface area (TPSA) is 99.9 Å². The lowest BCUT2D eigenvalue weighted by Crippen LogP contribution is -2.15. The highest BCUT2D eigenvalue weighted by Gasteiger charge is 2.32. The van der Waals surface area contributed by atoms with E-state index < -0.39 is 16.5 Å². The van der Waals surface area contributed by atoms with Gasteiger partial charge >= 0.3 is 5.69 Å². The number of ether oxygens (including phenoxy) is 3. The van der Waals surface area contributed by atoms with E-state index in [2.05, 4.69) is 5.32 Å². The Morgan fingerprint density at radius 3 is 2.38 bits per heavy atom. The molecule has 3 rings (SSSR count). The van der Waals surface area contributed by atoms with Crippen molar-refractivity contribution in [3.63, 3.8) is 0 Å². The number of carbonyl (C=O) groups is 1. The Morgan fingerprint density at radius 1 is 1.10 bits per heavy atom. The van der Waals surface area contributed by atoms with E-state index in [9.17, 15) is 14.9 Å². The summed E-state index contributed by atoms with van der Waals surface area (Å²) in [6.07, 6.45) is 0. The van der Waals surface area contributed by atoms with Gasteiger partial charge in [0.2, 0.25) is 11.5 Å². The maximum absolute atomic E-state index is 12.9. The monoisotopic (exact) mass is 436 g/mol. The molecule has 1 N–H and O–H groups in total. The smallest absolute Gasteiger partial charge is 0.327 e. The van der Waals surface area contributed by atoms with Crippen molar-refractivity contribution >= 4 is 40.8 Å². The van der Waals surface area contributed by atoms with Gasteiger partial charge in [0.15, 0.2) is 5.75 Å². The highest BCUT2D eigenvalue weighted by Crippen LogP contribution is 2.47. The van der Waals surface area contributed by atoms with Gasteiger partial charge in [-0.1, -0.05) is 12.1 Å². The highest BCUT2D eigenvalue weighted by atomic mass is 32.2. The largest absolute Gasteiger partial charge is 0.493 e. The molecule has 2 aromatic rings. The van der Waals surface area contributed by atoms with Crippen molar-refractivity contribution in [1.82, 2.24) is 0 Å². The zero-order valence-corrected chi connectivity index (χ0v) is 17.7. The van der Waals surface area contributed by atoms with Crippen LogP contribution in [0.25, 0.3) is 0 Å². The van der Waals surface area contributed by atoms with E-state index in [1.165, 1.54) is 27.4 Å². The van der Waals surface area contributed by atoms with E-state index in [4.69, 9.17) is 14.2 Å². The summed E-state index contributed by atoms with van der Waals surface area (Å²) in [5.41, 5.74) is 0.985. The van der Waals surface area contributed by atoms with Crippen molar-refractivity contribution in [3.8, 4) is 17.2 Å². The summed E-state index contributed by atoms with van der Waals surface area (Å²) in [4.78, 5) is 24.0. The van der Waals surface area contributed by atoms with Gasteiger partial charge in [-0.15, -0.1) is 23.5 Å². The summed E-state index contributed by atoms with van der Waals surface area (Å²) < 4.78 is 15.9. The van der Waals surface area contributed by atoms with E-state index in [0.717, 1.165) is 17.1 Å². The van der Waals surface area contributed by atoms with Gasteiger partial charge in [-0.05, 0) is 17.7 Å². The summed E-state index contributed by atoms with van der Waals surface area (Å²) in [7, 11) is 3.99. The number of methoxy groups -OCH3 is 3. The predicted octanol–water partition coefficient (Wildman–Crippen LogP) is 4.35. The summed E-state index contributed by atoms with van der Waals surface area (Å²) in [5, 5.41) is 14.4. The molecule has 1 fully saturated rings. The third-order valence-electron chi connectivity index (χ3n) is 4.27. The molecule has 1 heterocycles. The molecule has 1 aliphatic heterocycles. The minimum absolute atomic E-state index is 0.0514. The quantitative estimate of drug-likeness (QED) is 0.505. The van der Waals surface area contributed by atoms with Crippen molar-refractivity contribution in [1.29, 1.82) is 0 Å². The molecule has 0 bridgehead atoms. The van der Waals surface area contributed by atoms with Gasteiger partial charge in [0.05, 0.1) is 30.8 Å². The van der Waals surface area contributed by atoms with Crippen LogP contribution in [0.5, 0.6) is 17.2 Å². The molecule has 0 aliphatic carbocycles. The molecular formula is C19H20N2O6S2. The van der Waals surface area contributed by atoms with Crippen LogP contribution in [0.4, 0.5) is 11.4 Å². The number of carbonyl (C=O) groups excluding carboxylic acids is 1. The van der Waals surface area contributed by atoms with Crippen molar-refractivity contribution < 1.29 is 23.9 Å². The molecular weight excluding hydrogens is 416 g/mol. The van der Waals surface area contributed by atoms with Gasteiger partial charge in [0, 0.05) is 23.3 Å². The van der Waals surface area contributed by atoms with E-state index in [-0.39, 0.29) is 22.8 Å². The molecule has 2 aromatic carbocycles. The minimum atomic E-state index is -0.669. The molecule has 1 amide bonds. The predicted molar refractivity (Wildman–Crippen MR) is 115 cm³/mol. The minimum Gasteiger partial charge on any atom is -0.493 e. The third-order valence-corrected chi connectivity index (χ3v) is 7.37. The van der Waals surface area contributed by atoms with Crippen LogP contribution in [-0.4, -0.2) is 43.7 Å². The van der Waals surface area contributed by atoms with Crippen molar-refractivity contribution in [2.45, 2.75) is 4.58 Å². The first-order valence-corrected chi connectivity index (χ1v) is 10.7. The molecule has 154 valence electrons. The molecule has 0 radical (unpaired) electrons. The highest BCUT2D eigenvalue weighted by molar-refractivity contribution is 8.19. The lowest BCUT2D eigenvalue weighted by atomic mass is 10.1. The molecule has 0 saturated carbocycles. The summed E-state index contributed by atoms with van der Waals surface area (Å²) in [6, 6.07) is 8.77. The van der Waals surface area contributed by atoms with Crippen LogP contribution in [0.1, 0.15) is 20.5 Å². The van der Waals surface area contributed by atoms with Gasteiger partial charge in [0.25, 0.3) is 5.91 Å². The fraction of sp³-hybridized carbons (Fsp3) is 0.316. The van der Waals surface area contributed by atoms with Crippen LogP contribution < -0.4 is 19.5 Å². The van der Waals surface area contributed by atoms with Gasteiger partial charge in [-0.2, -0.15) is 0 Å². The number of rotatable bonds is 7. The lowest BCUT2D eigenvalue weighted by molar-refractivity contribution is -0.386. The summed E-state index contributed by atoms with van der Waals surface area (Å²) >= 11 is 3.71. The number of anilines is 1. The molecule has 0 atom stereocenters. The number of thioether (sulfide) groups is 2. The van der Waals surface area contributed by atoms with Gasteiger partial charge in [-0.3, -0.25) is 14.9 Å². The first-order chi connectivity index (χ1) is 14.0. The van der Waals surface area contributed by atoms with Crippen LogP contribution in [0.15, 0.2) is 30.3 Å². The van der Waals surface area contributed by atoms with Crippen molar-refractivity contribution in [3.05, 3.63) is 51.6 Å². The molecule has 1 aliphatic rings. The number of hydrogen-bond acceptors (Lipinski definition) is 8. The van der Waals surface area contributed by atoms with Gasteiger partial charge in [-0.25, -0.2) is 0 Å². The summed E-state index contributed by atoms with van der Waals surface area (Å²) in [5.74, 6) is 1.57. The molecule has 0 unspecified atom stereocenters. The van der Waals surface area contributed by atoms with Crippen molar-refractivity contribution in [2.24, 2.45) is 0 Å². The third kappa shape index (κ3) is 4.38. The standard InChI is InChI=1S/C19H20N2O6S2/c1-25-14-10-13(15(21(23)24)17(27-3)16(14)26-2)18(22)20-12-6-4-5-11(9-12)19-28-7-8-29-19/h4-6,9-10,19H,7-8H2,1-3H3,(H,20,22). The second-order valence-electron chi connectivity index (χ2n) is 5.95. The maximum atomic E-state index is 12.9. The van der Waals surface area contributed by atoms with Crippen LogP contribution in [0.2, 0.25) is 0 Å². The molecule has 0 aromatic heterocycles. The average Bonchev–Trinajstić information content (AvgIpc) is 3.26. The Balaban J connectivity index is 1.98. The molecule has 8 nitrogen and oxygen atoms in total. The first kappa shape index (κ1) is 21.1. The van der Waals surface area contributed by atoms with E-state index in [1.54, 1.807) is 6.07 Å². The van der Waals surface area contributed by atoms with Crippen LogP contribution >= 0.6 is 23.5 Å². The fourth-order valence-corrected chi connectivity index (χ4v) is 5.85. The van der Waals surface area contributed by atoms with Gasteiger partial charge in [0.1, 0.15) is 5.56 Å². The number of amides is 1. The number of nitrogens with one attached hydrogen (secondary N) is 1. The normalized spacial score (nSPS) is 13.8. The average molecular weight is 437 g/mol. The molecule has 0 spiro atoms. The van der Waals surface area contributed by atoms with E-state index in [0.29, 0.717) is 10.3 Å². The molecule has 10 heteroatoms. The Kier molecular flexibility index (Phi) is 6.75. The number of hydrogen-bond donors (Lipinski definition) is 1. The van der Waals surface area contributed by atoms with Crippen LogP contribution in [0, 0.1) is 10.1 Å². The van der Waals surface area contributed by atoms with Crippen molar-refractivity contribution in [2.75, 3.05) is 38.2 Å². The number of nitrogens with zero attached hydrogens (tertiary/aromatic N) is 1. The first-order valence-electron chi connectivity index (χ1n) is 8.62. The Hall–Kier alpha value is -2.59.